The molecule has 0 bridgehead atoms. The Hall–Kier alpha value is -1.66. The van der Waals surface area contributed by atoms with Gasteiger partial charge in [-0.05, 0) is 59.0 Å². The number of thiazole rings is 1. The van der Waals surface area contributed by atoms with Crippen LogP contribution in [0.1, 0.15) is 0 Å². The minimum Gasteiger partial charge on any atom is -0.454 e. The van der Waals surface area contributed by atoms with Crippen LogP contribution in [0.2, 0.25) is 0 Å². The molecular weight excluding hydrogens is 393 g/mol. The van der Waals surface area contributed by atoms with Crippen molar-refractivity contribution in [2.45, 2.75) is 0 Å². The fourth-order valence-corrected chi connectivity index (χ4v) is 3.49. The van der Waals surface area contributed by atoms with E-state index in [0.717, 1.165) is 27.6 Å². The zero-order valence-electron chi connectivity index (χ0n) is 10.9. The fourth-order valence-electron chi connectivity index (χ4n) is 2.20. The van der Waals surface area contributed by atoms with Gasteiger partial charge in [-0.25, -0.2) is 4.98 Å². The van der Waals surface area contributed by atoms with Gasteiger partial charge in [0.25, 0.3) is 0 Å². The lowest BCUT2D eigenvalue weighted by Gasteiger charge is -1.96. The average Bonchev–Trinajstić information content (AvgIpc) is 3.14. The Morgan fingerprint density at radius 3 is 2.43 bits per heavy atom. The van der Waals surface area contributed by atoms with E-state index in [1.54, 1.807) is 11.3 Å². The van der Waals surface area contributed by atoms with Crippen molar-refractivity contribution in [1.82, 2.24) is 4.98 Å². The van der Waals surface area contributed by atoms with Crippen molar-refractivity contribution in [3.8, 4) is 22.1 Å². The first kappa shape index (κ1) is 13.0. The SMILES string of the molecule is Ic1ccc(-c2ccc(-c3nc4ccccc4s3)o2)cc1. The molecule has 0 radical (unpaired) electrons. The molecule has 2 nitrogen and oxygen atoms in total. The second-order valence-corrected chi connectivity index (χ2v) is 6.93. The molecule has 0 aliphatic rings. The molecule has 0 spiro atoms. The van der Waals surface area contributed by atoms with Crippen LogP contribution in [-0.4, -0.2) is 4.98 Å². The highest BCUT2D eigenvalue weighted by atomic mass is 127. The summed E-state index contributed by atoms with van der Waals surface area (Å²) in [6, 6.07) is 20.4. The summed E-state index contributed by atoms with van der Waals surface area (Å²) in [7, 11) is 0. The van der Waals surface area contributed by atoms with Crippen LogP contribution in [0.15, 0.2) is 65.1 Å². The molecule has 0 aliphatic heterocycles. The molecule has 4 heteroatoms. The van der Waals surface area contributed by atoms with Gasteiger partial charge in [-0.3, -0.25) is 0 Å². The van der Waals surface area contributed by atoms with Crippen LogP contribution in [0.4, 0.5) is 0 Å². The van der Waals surface area contributed by atoms with E-state index in [1.165, 1.54) is 8.27 Å². The van der Waals surface area contributed by atoms with Crippen LogP contribution < -0.4 is 0 Å². The average molecular weight is 403 g/mol. The Balaban J connectivity index is 1.75. The van der Waals surface area contributed by atoms with Crippen LogP contribution in [0.3, 0.4) is 0 Å². The molecule has 0 N–H and O–H groups in total. The maximum Gasteiger partial charge on any atom is 0.163 e. The highest BCUT2D eigenvalue weighted by Gasteiger charge is 2.11. The lowest BCUT2D eigenvalue weighted by molar-refractivity contribution is 0.597. The van der Waals surface area contributed by atoms with Gasteiger partial charge in [-0.2, -0.15) is 0 Å². The third kappa shape index (κ3) is 2.49. The van der Waals surface area contributed by atoms with Gasteiger partial charge in [0, 0.05) is 9.13 Å². The highest BCUT2D eigenvalue weighted by Crippen LogP contribution is 2.33. The number of para-hydroxylation sites is 1. The van der Waals surface area contributed by atoms with Crippen molar-refractivity contribution in [2.24, 2.45) is 0 Å². The number of hydrogen-bond acceptors (Lipinski definition) is 3. The van der Waals surface area contributed by atoms with Crippen LogP contribution in [0.5, 0.6) is 0 Å². The first-order valence-corrected chi connectivity index (χ1v) is 8.41. The summed E-state index contributed by atoms with van der Waals surface area (Å²) in [5.74, 6) is 1.70. The number of halogens is 1. The highest BCUT2D eigenvalue weighted by molar-refractivity contribution is 14.1. The van der Waals surface area contributed by atoms with Crippen molar-refractivity contribution in [2.75, 3.05) is 0 Å². The van der Waals surface area contributed by atoms with E-state index in [0.29, 0.717) is 0 Å². The Morgan fingerprint density at radius 1 is 0.857 bits per heavy atom. The Bertz CT molecular complexity index is 875. The minimum atomic E-state index is 0.824. The third-order valence-electron chi connectivity index (χ3n) is 3.24. The molecule has 102 valence electrons. The Kier molecular flexibility index (Phi) is 3.27. The second kappa shape index (κ2) is 5.27. The largest absolute Gasteiger partial charge is 0.454 e. The van der Waals surface area contributed by atoms with Gasteiger partial charge >= 0.3 is 0 Å². The number of furan rings is 1. The predicted molar refractivity (Wildman–Crippen MR) is 95.5 cm³/mol. The molecule has 0 fully saturated rings. The molecule has 21 heavy (non-hydrogen) atoms. The van der Waals surface area contributed by atoms with E-state index >= 15 is 0 Å². The summed E-state index contributed by atoms with van der Waals surface area (Å²) in [5, 5.41) is 0.924. The van der Waals surface area contributed by atoms with Crippen LogP contribution >= 0.6 is 33.9 Å². The minimum absolute atomic E-state index is 0.824. The molecule has 0 saturated carbocycles. The molecule has 2 aromatic carbocycles. The van der Waals surface area contributed by atoms with Crippen molar-refractivity contribution in [1.29, 1.82) is 0 Å². The summed E-state index contributed by atoms with van der Waals surface area (Å²) < 4.78 is 8.37. The van der Waals surface area contributed by atoms with E-state index in [-0.39, 0.29) is 0 Å². The van der Waals surface area contributed by atoms with Crippen LogP contribution in [0.25, 0.3) is 32.3 Å². The first-order chi connectivity index (χ1) is 10.3. The monoisotopic (exact) mass is 403 g/mol. The fraction of sp³-hybridized carbons (Fsp3) is 0. The van der Waals surface area contributed by atoms with Gasteiger partial charge < -0.3 is 4.42 Å². The lowest BCUT2D eigenvalue weighted by atomic mass is 10.2. The summed E-state index contributed by atoms with van der Waals surface area (Å²) >= 11 is 3.95. The Morgan fingerprint density at radius 2 is 1.62 bits per heavy atom. The summed E-state index contributed by atoms with van der Waals surface area (Å²) in [6.45, 7) is 0. The van der Waals surface area contributed by atoms with E-state index < -0.39 is 0 Å². The van der Waals surface area contributed by atoms with Crippen LogP contribution in [0, 0.1) is 3.57 Å². The first-order valence-electron chi connectivity index (χ1n) is 6.51. The van der Waals surface area contributed by atoms with Crippen LogP contribution in [-0.2, 0) is 0 Å². The number of nitrogens with zero attached hydrogens (tertiary/aromatic N) is 1. The third-order valence-corrected chi connectivity index (χ3v) is 5.01. The molecule has 4 aromatic rings. The van der Waals surface area contributed by atoms with Gasteiger partial charge in [0.05, 0.1) is 10.2 Å². The predicted octanol–water partition coefficient (Wildman–Crippen LogP) is 5.83. The molecule has 0 unspecified atom stereocenters. The smallest absolute Gasteiger partial charge is 0.163 e. The normalized spacial score (nSPS) is 11.1. The lowest BCUT2D eigenvalue weighted by Crippen LogP contribution is -1.74. The summed E-state index contributed by atoms with van der Waals surface area (Å²) in [4.78, 5) is 4.63. The standard InChI is InChI=1S/C17H10INOS/c18-12-7-5-11(6-8-12)14-9-10-15(20-14)17-19-13-3-1-2-4-16(13)21-17/h1-10H. The van der Waals surface area contributed by atoms with E-state index in [9.17, 15) is 0 Å². The molecule has 0 saturated heterocycles. The molecular formula is C17H10INOS. The zero-order chi connectivity index (χ0) is 14.2. The van der Waals surface area contributed by atoms with E-state index in [2.05, 4.69) is 57.9 Å². The van der Waals surface area contributed by atoms with E-state index in [4.69, 9.17) is 4.42 Å². The number of fused-ring (bicyclic) bond motifs is 1. The molecule has 2 aromatic heterocycles. The summed E-state index contributed by atoms with van der Waals surface area (Å²) in [6.07, 6.45) is 0. The number of benzene rings is 2. The number of rotatable bonds is 2. The molecule has 2 heterocycles. The topological polar surface area (TPSA) is 26.0 Å². The number of aromatic nitrogens is 1. The second-order valence-electron chi connectivity index (χ2n) is 4.66. The summed E-state index contributed by atoms with van der Waals surface area (Å²) in [5.41, 5.74) is 2.10. The Labute approximate surface area is 139 Å². The van der Waals surface area contributed by atoms with Crippen molar-refractivity contribution < 1.29 is 4.42 Å². The molecule has 0 aliphatic carbocycles. The molecule has 4 rings (SSSR count). The number of hydrogen-bond donors (Lipinski definition) is 0. The van der Waals surface area contributed by atoms with E-state index in [1.807, 2.05) is 30.3 Å². The molecule has 0 amide bonds. The van der Waals surface area contributed by atoms with Crippen molar-refractivity contribution in [3.63, 3.8) is 0 Å². The maximum atomic E-state index is 5.97. The maximum absolute atomic E-state index is 5.97. The van der Waals surface area contributed by atoms with Gasteiger partial charge in [-0.15, -0.1) is 11.3 Å². The molecule has 0 atom stereocenters. The van der Waals surface area contributed by atoms with Crippen molar-refractivity contribution in [3.05, 3.63) is 64.2 Å². The van der Waals surface area contributed by atoms with Gasteiger partial charge in [0.1, 0.15) is 5.76 Å². The van der Waals surface area contributed by atoms with Crippen molar-refractivity contribution >= 4 is 44.1 Å². The van der Waals surface area contributed by atoms with Gasteiger partial charge in [-0.1, -0.05) is 24.3 Å². The quantitative estimate of drug-likeness (QED) is 0.394. The van der Waals surface area contributed by atoms with Gasteiger partial charge in [0.15, 0.2) is 10.8 Å². The van der Waals surface area contributed by atoms with Gasteiger partial charge in [0.2, 0.25) is 0 Å². The zero-order valence-corrected chi connectivity index (χ0v) is 13.9.